The van der Waals surface area contributed by atoms with Crippen molar-refractivity contribution in [3.8, 4) is 5.75 Å². The van der Waals surface area contributed by atoms with Gasteiger partial charge in [-0.2, -0.15) is 5.10 Å². The number of ether oxygens (including phenoxy) is 2. The van der Waals surface area contributed by atoms with Gasteiger partial charge in [0.05, 0.1) is 7.11 Å². The number of aromatic nitrogens is 2. The van der Waals surface area contributed by atoms with E-state index in [0.29, 0.717) is 22.2 Å². The molecular weight excluding hydrogens is 457 g/mol. The van der Waals surface area contributed by atoms with Gasteiger partial charge in [0.1, 0.15) is 23.1 Å². The minimum Gasteiger partial charge on any atom is -0.497 e. The lowest BCUT2D eigenvalue weighted by Crippen LogP contribution is -2.13. The van der Waals surface area contributed by atoms with E-state index < -0.39 is 6.09 Å². The first-order valence-corrected chi connectivity index (χ1v) is 11.1. The summed E-state index contributed by atoms with van der Waals surface area (Å²) in [6.07, 6.45) is -0.278. The molecule has 164 valence electrons. The number of methoxy groups -OCH3 is 1. The van der Waals surface area contributed by atoms with Gasteiger partial charge < -0.3 is 15.2 Å². The molecule has 9 heteroatoms. The zero-order chi connectivity index (χ0) is 22.5. The predicted octanol–water partition coefficient (Wildman–Crippen LogP) is 6.12. The van der Waals surface area contributed by atoms with E-state index in [1.165, 1.54) is 11.8 Å². The molecule has 0 spiro atoms. The Morgan fingerprint density at radius 2 is 1.90 bits per heavy atom. The summed E-state index contributed by atoms with van der Waals surface area (Å²) in [7, 11) is 1.63. The lowest BCUT2D eigenvalue weighted by atomic mass is 10.1. The number of carbonyl (C=O) groups is 1. The summed E-state index contributed by atoms with van der Waals surface area (Å²) >= 11 is 13.9. The van der Waals surface area contributed by atoms with Crippen LogP contribution in [0.15, 0.2) is 52.4 Å². The van der Waals surface area contributed by atoms with Crippen LogP contribution in [0.5, 0.6) is 5.75 Å². The van der Waals surface area contributed by atoms with Crippen LogP contribution in [0.1, 0.15) is 36.7 Å². The van der Waals surface area contributed by atoms with Crippen molar-refractivity contribution >= 4 is 41.1 Å². The standard InChI is InChI=1S/C22H23Cl2N3O3S/c1-13(2)27-21(31-18-10-15(23)9-16(24)11-18)19(20(26-27)12-30-22(25)28)8-14-5-4-6-17(7-14)29-3/h4-7,9-11,13H,8,12H2,1-3H3,(H2,25,28). The van der Waals surface area contributed by atoms with E-state index in [2.05, 4.69) is 0 Å². The normalized spacial score (nSPS) is 11.0. The molecule has 1 heterocycles. The predicted molar refractivity (Wildman–Crippen MR) is 123 cm³/mol. The van der Waals surface area contributed by atoms with Gasteiger partial charge >= 0.3 is 6.09 Å². The Balaban J connectivity index is 2.09. The topological polar surface area (TPSA) is 79.4 Å². The zero-order valence-corrected chi connectivity index (χ0v) is 19.7. The fraction of sp³-hybridized carbons (Fsp3) is 0.273. The number of hydrogen-bond acceptors (Lipinski definition) is 5. The second kappa shape index (κ2) is 10.3. The van der Waals surface area contributed by atoms with Gasteiger partial charge in [-0.1, -0.05) is 47.1 Å². The Labute approximate surface area is 195 Å². The van der Waals surface area contributed by atoms with Gasteiger partial charge in [-0.05, 0) is 49.7 Å². The molecule has 0 saturated heterocycles. The van der Waals surface area contributed by atoms with Crippen LogP contribution in [0.2, 0.25) is 10.0 Å². The lowest BCUT2D eigenvalue weighted by molar-refractivity contribution is 0.148. The Hall–Kier alpha value is -2.35. The van der Waals surface area contributed by atoms with Gasteiger partial charge in [0.15, 0.2) is 0 Å². The van der Waals surface area contributed by atoms with E-state index in [-0.39, 0.29) is 12.6 Å². The molecule has 0 radical (unpaired) electrons. The van der Waals surface area contributed by atoms with Crippen LogP contribution in [-0.2, 0) is 17.8 Å². The second-order valence-electron chi connectivity index (χ2n) is 7.11. The van der Waals surface area contributed by atoms with Gasteiger partial charge in [0, 0.05) is 33.0 Å². The summed E-state index contributed by atoms with van der Waals surface area (Å²) in [5, 5.41) is 6.75. The molecule has 2 aromatic carbocycles. The summed E-state index contributed by atoms with van der Waals surface area (Å²) in [5.74, 6) is 0.763. The van der Waals surface area contributed by atoms with Gasteiger partial charge in [-0.25, -0.2) is 4.79 Å². The number of primary amides is 1. The Bertz CT molecular complexity index is 1070. The van der Waals surface area contributed by atoms with Gasteiger partial charge in [-0.15, -0.1) is 0 Å². The van der Waals surface area contributed by atoms with Crippen molar-refractivity contribution in [3.05, 3.63) is 69.3 Å². The molecule has 31 heavy (non-hydrogen) atoms. The fourth-order valence-corrected chi connectivity index (χ4v) is 4.98. The molecule has 3 rings (SSSR count). The number of carbonyl (C=O) groups excluding carboxylic acids is 1. The first-order chi connectivity index (χ1) is 14.8. The number of benzene rings is 2. The first-order valence-electron chi connectivity index (χ1n) is 9.56. The van der Waals surface area contributed by atoms with Crippen LogP contribution in [-0.4, -0.2) is 23.0 Å². The van der Waals surface area contributed by atoms with Crippen molar-refractivity contribution in [2.24, 2.45) is 5.73 Å². The summed E-state index contributed by atoms with van der Waals surface area (Å²) in [4.78, 5) is 12.1. The minimum absolute atomic E-state index is 0.0157. The quantitative estimate of drug-likeness (QED) is 0.421. The Kier molecular flexibility index (Phi) is 7.75. The Morgan fingerprint density at radius 1 is 1.19 bits per heavy atom. The monoisotopic (exact) mass is 479 g/mol. The van der Waals surface area contributed by atoms with E-state index in [1.807, 2.05) is 54.9 Å². The third-order valence-corrected chi connectivity index (χ3v) is 5.98. The average Bonchev–Trinajstić information content (AvgIpc) is 3.03. The van der Waals surface area contributed by atoms with E-state index in [1.54, 1.807) is 13.2 Å². The highest BCUT2D eigenvalue weighted by Crippen LogP contribution is 2.38. The van der Waals surface area contributed by atoms with Crippen LogP contribution >= 0.6 is 35.0 Å². The van der Waals surface area contributed by atoms with Crippen LogP contribution in [0.3, 0.4) is 0 Å². The van der Waals surface area contributed by atoms with Crippen molar-refractivity contribution in [3.63, 3.8) is 0 Å². The van der Waals surface area contributed by atoms with E-state index in [0.717, 1.165) is 26.8 Å². The van der Waals surface area contributed by atoms with E-state index in [9.17, 15) is 4.79 Å². The van der Waals surface area contributed by atoms with E-state index in [4.69, 9.17) is 43.5 Å². The maximum absolute atomic E-state index is 11.2. The van der Waals surface area contributed by atoms with Crippen LogP contribution in [0.25, 0.3) is 0 Å². The highest BCUT2D eigenvalue weighted by atomic mass is 35.5. The van der Waals surface area contributed by atoms with Crippen LogP contribution in [0.4, 0.5) is 4.79 Å². The summed E-state index contributed by atoms with van der Waals surface area (Å²) in [6.45, 7) is 4.06. The molecule has 0 bridgehead atoms. The number of amides is 1. The maximum Gasteiger partial charge on any atom is 0.404 e. The van der Waals surface area contributed by atoms with Crippen molar-refractivity contribution < 1.29 is 14.3 Å². The summed E-state index contributed by atoms with van der Waals surface area (Å²) in [5.41, 5.74) is 7.81. The first kappa shape index (κ1) is 23.3. The number of nitrogens with two attached hydrogens (primary N) is 1. The van der Waals surface area contributed by atoms with Crippen LogP contribution < -0.4 is 10.5 Å². The van der Waals surface area contributed by atoms with Gasteiger partial charge in [-0.3, -0.25) is 4.68 Å². The third kappa shape index (κ3) is 6.09. The summed E-state index contributed by atoms with van der Waals surface area (Å²) < 4.78 is 12.3. The molecular formula is C22H23Cl2N3O3S. The summed E-state index contributed by atoms with van der Waals surface area (Å²) in [6, 6.07) is 13.3. The fourth-order valence-electron chi connectivity index (χ4n) is 3.07. The number of nitrogens with zero attached hydrogens (tertiary/aromatic N) is 2. The molecule has 1 amide bonds. The lowest BCUT2D eigenvalue weighted by Gasteiger charge is -2.13. The average molecular weight is 480 g/mol. The molecule has 0 aliphatic heterocycles. The Morgan fingerprint density at radius 3 is 2.52 bits per heavy atom. The van der Waals surface area contributed by atoms with Crippen molar-refractivity contribution in [1.29, 1.82) is 0 Å². The second-order valence-corrected chi connectivity index (χ2v) is 9.05. The number of halogens is 2. The van der Waals surface area contributed by atoms with Crippen LogP contribution in [0, 0.1) is 0 Å². The van der Waals surface area contributed by atoms with Gasteiger partial charge in [0.2, 0.25) is 0 Å². The number of rotatable bonds is 8. The minimum atomic E-state index is -0.845. The third-order valence-electron chi connectivity index (χ3n) is 4.45. The molecule has 0 unspecified atom stereocenters. The molecule has 6 nitrogen and oxygen atoms in total. The zero-order valence-electron chi connectivity index (χ0n) is 17.4. The van der Waals surface area contributed by atoms with Crippen molar-refractivity contribution in [2.75, 3.05) is 7.11 Å². The molecule has 0 saturated carbocycles. The smallest absolute Gasteiger partial charge is 0.404 e. The number of hydrogen-bond donors (Lipinski definition) is 1. The van der Waals surface area contributed by atoms with E-state index >= 15 is 0 Å². The van der Waals surface area contributed by atoms with Gasteiger partial charge in [0.25, 0.3) is 0 Å². The highest BCUT2D eigenvalue weighted by Gasteiger charge is 2.22. The molecule has 0 fully saturated rings. The molecule has 3 aromatic rings. The molecule has 0 atom stereocenters. The SMILES string of the molecule is COc1cccc(Cc2c(COC(N)=O)nn(C(C)C)c2Sc2cc(Cl)cc(Cl)c2)c1. The molecule has 2 N–H and O–H groups in total. The maximum atomic E-state index is 11.2. The molecule has 1 aromatic heterocycles. The largest absolute Gasteiger partial charge is 0.497 e. The van der Waals surface area contributed by atoms with Crippen molar-refractivity contribution in [1.82, 2.24) is 9.78 Å². The molecule has 0 aliphatic rings. The molecule has 0 aliphatic carbocycles. The van der Waals surface area contributed by atoms with Crippen molar-refractivity contribution in [2.45, 2.75) is 42.8 Å². The highest BCUT2D eigenvalue weighted by molar-refractivity contribution is 7.99.